The van der Waals surface area contributed by atoms with Crippen molar-refractivity contribution in [3.8, 4) is 0 Å². The van der Waals surface area contributed by atoms with Crippen LogP contribution in [-0.2, 0) is 9.47 Å². The molecule has 0 spiro atoms. The van der Waals surface area contributed by atoms with Crippen molar-refractivity contribution in [1.82, 2.24) is 0 Å². The fourth-order valence-electron chi connectivity index (χ4n) is 1.09. The lowest BCUT2D eigenvalue weighted by Crippen LogP contribution is -2.37. The van der Waals surface area contributed by atoms with Crippen LogP contribution in [0, 0.1) is 0 Å². The van der Waals surface area contributed by atoms with Crippen molar-refractivity contribution in [3.63, 3.8) is 0 Å². The van der Waals surface area contributed by atoms with Gasteiger partial charge in [-0.15, -0.1) is 0 Å². The largest absolute Gasteiger partial charge is 0.378 e. The zero-order valence-electron chi connectivity index (χ0n) is 6.39. The maximum absolute atomic E-state index is 5.38. The molecule has 60 valence electrons. The van der Waals surface area contributed by atoms with Gasteiger partial charge in [0.05, 0.1) is 12.2 Å². The molecule has 2 atom stereocenters. The Labute approximate surface area is 75.4 Å². The molecular formula is C7H13IO2. The van der Waals surface area contributed by atoms with E-state index >= 15 is 0 Å². The van der Waals surface area contributed by atoms with Crippen molar-refractivity contribution in [2.75, 3.05) is 13.7 Å². The molecule has 3 heteroatoms. The molecular weight excluding hydrogens is 243 g/mol. The summed E-state index contributed by atoms with van der Waals surface area (Å²) >= 11 is 2.30. The first-order chi connectivity index (χ1) is 4.66. The Morgan fingerprint density at radius 2 is 2.40 bits per heavy atom. The summed E-state index contributed by atoms with van der Waals surface area (Å²) in [7, 11) is 1.77. The molecule has 1 aliphatic heterocycles. The number of ether oxygens (including phenoxy) is 2. The van der Waals surface area contributed by atoms with E-state index in [9.17, 15) is 0 Å². The Kier molecular flexibility index (Phi) is 2.94. The maximum Gasteiger partial charge on any atom is 0.111 e. The van der Waals surface area contributed by atoms with Crippen molar-refractivity contribution < 1.29 is 9.47 Å². The minimum absolute atomic E-state index is 0.0596. The van der Waals surface area contributed by atoms with Gasteiger partial charge in [0.15, 0.2) is 0 Å². The van der Waals surface area contributed by atoms with Gasteiger partial charge in [0.25, 0.3) is 0 Å². The first-order valence-corrected chi connectivity index (χ1v) is 4.72. The number of halogens is 1. The summed E-state index contributed by atoms with van der Waals surface area (Å²) in [5, 5.41) is 0. The quantitative estimate of drug-likeness (QED) is 0.527. The lowest BCUT2D eigenvalue weighted by atomic mass is 9.97. The molecule has 1 saturated heterocycles. The first-order valence-electron chi connectivity index (χ1n) is 3.47. The van der Waals surface area contributed by atoms with Crippen LogP contribution < -0.4 is 0 Å². The van der Waals surface area contributed by atoms with E-state index in [0.29, 0.717) is 4.11 Å². The molecule has 0 N–H and O–H groups in total. The fraction of sp³-hybridized carbons (Fsp3) is 1.00. The van der Waals surface area contributed by atoms with Crippen LogP contribution in [0.5, 0.6) is 0 Å². The molecule has 0 radical (unpaired) electrons. The fourth-order valence-corrected chi connectivity index (χ4v) is 2.27. The summed E-state index contributed by atoms with van der Waals surface area (Å²) in [6.07, 6.45) is 2.02. The van der Waals surface area contributed by atoms with E-state index in [-0.39, 0.29) is 5.60 Å². The highest BCUT2D eigenvalue weighted by Gasteiger charge is 2.31. The van der Waals surface area contributed by atoms with E-state index in [1.807, 2.05) is 0 Å². The van der Waals surface area contributed by atoms with E-state index in [1.165, 1.54) is 0 Å². The molecule has 1 fully saturated rings. The lowest BCUT2D eigenvalue weighted by Gasteiger charge is -2.34. The molecule has 0 aliphatic carbocycles. The molecule has 0 amide bonds. The van der Waals surface area contributed by atoms with Crippen LogP contribution in [0.1, 0.15) is 19.8 Å². The average Bonchev–Trinajstić information content (AvgIpc) is 1.88. The smallest absolute Gasteiger partial charge is 0.111 e. The third-order valence-electron chi connectivity index (χ3n) is 2.01. The van der Waals surface area contributed by atoms with Crippen LogP contribution in [0.2, 0.25) is 0 Å². The highest BCUT2D eigenvalue weighted by Crippen LogP contribution is 2.29. The Bertz CT molecular complexity index is 118. The zero-order valence-corrected chi connectivity index (χ0v) is 8.55. The van der Waals surface area contributed by atoms with Crippen molar-refractivity contribution in [2.45, 2.75) is 29.5 Å². The predicted molar refractivity (Wildman–Crippen MR) is 48.4 cm³/mol. The van der Waals surface area contributed by atoms with Gasteiger partial charge in [-0.1, -0.05) is 22.6 Å². The molecule has 0 bridgehead atoms. The van der Waals surface area contributed by atoms with Gasteiger partial charge in [-0.2, -0.15) is 0 Å². The Morgan fingerprint density at radius 1 is 1.70 bits per heavy atom. The van der Waals surface area contributed by atoms with E-state index in [4.69, 9.17) is 9.47 Å². The summed E-state index contributed by atoms with van der Waals surface area (Å²) in [5.41, 5.74) is 0.0596. The summed E-state index contributed by atoms with van der Waals surface area (Å²) < 4.78 is 11.1. The topological polar surface area (TPSA) is 18.5 Å². The molecule has 1 aliphatic rings. The van der Waals surface area contributed by atoms with E-state index in [0.717, 1.165) is 19.4 Å². The highest BCUT2D eigenvalue weighted by atomic mass is 127. The van der Waals surface area contributed by atoms with Gasteiger partial charge in [-0.05, 0) is 13.3 Å². The van der Waals surface area contributed by atoms with E-state index in [2.05, 4.69) is 29.5 Å². The SMILES string of the molecule is COC1(C)CCO[C@@H](I)C1. The molecule has 10 heavy (non-hydrogen) atoms. The second kappa shape index (κ2) is 3.36. The minimum atomic E-state index is 0.0596. The van der Waals surface area contributed by atoms with Gasteiger partial charge >= 0.3 is 0 Å². The molecule has 1 unspecified atom stereocenters. The van der Waals surface area contributed by atoms with E-state index < -0.39 is 0 Å². The molecule has 0 aromatic heterocycles. The van der Waals surface area contributed by atoms with Gasteiger partial charge in [-0.25, -0.2) is 0 Å². The van der Waals surface area contributed by atoms with Crippen LogP contribution in [-0.4, -0.2) is 23.4 Å². The molecule has 1 rings (SSSR count). The predicted octanol–water partition coefficient (Wildman–Crippen LogP) is 1.96. The molecule has 2 nitrogen and oxygen atoms in total. The number of alkyl halides is 1. The second-order valence-electron chi connectivity index (χ2n) is 2.89. The van der Waals surface area contributed by atoms with Crippen molar-refractivity contribution in [3.05, 3.63) is 0 Å². The highest BCUT2D eigenvalue weighted by molar-refractivity contribution is 14.1. The van der Waals surface area contributed by atoms with Crippen LogP contribution >= 0.6 is 22.6 Å². The van der Waals surface area contributed by atoms with Crippen LogP contribution in [0.3, 0.4) is 0 Å². The summed E-state index contributed by atoms with van der Waals surface area (Å²) in [6, 6.07) is 0. The van der Waals surface area contributed by atoms with Gasteiger partial charge in [0.2, 0.25) is 0 Å². The zero-order chi connectivity index (χ0) is 7.61. The van der Waals surface area contributed by atoms with Crippen molar-refractivity contribution in [2.24, 2.45) is 0 Å². The van der Waals surface area contributed by atoms with Crippen LogP contribution in [0.25, 0.3) is 0 Å². The minimum Gasteiger partial charge on any atom is -0.378 e. The molecule has 0 saturated carbocycles. The second-order valence-corrected chi connectivity index (χ2v) is 4.28. The summed E-state index contributed by atoms with van der Waals surface area (Å²) in [5.74, 6) is 0. The van der Waals surface area contributed by atoms with Gasteiger partial charge in [0, 0.05) is 13.5 Å². The molecule has 0 aromatic rings. The number of rotatable bonds is 1. The number of hydrogen-bond acceptors (Lipinski definition) is 2. The number of hydrogen-bond donors (Lipinski definition) is 0. The third kappa shape index (κ3) is 2.07. The van der Waals surface area contributed by atoms with Crippen molar-refractivity contribution >= 4 is 22.6 Å². The average molecular weight is 256 g/mol. The van der Waals surface area contributed by atoms with Crippen LogP contribution in [0.4, 0.5) is 0 Å². The van der Waals surface area contributed by atoms with Gasteiger partial charge < -0.3 is 9.47 Å². The monoisotopic (exact) mass is 256 g/mol. The van der Waals surface area contributed by atoms with Gasteiger partial charge in [-0.3, -0.25) is 0 Å². The van der Waals surface area contributed by atoms with Crippen molar-refractivity contribution in [1.29, 1.82) is 0 Å². The maximum atomic E-state index is 5.38. The number of methoxy groups -OCH3 is 1. The molecule has 1 heterocycles. The third-order valence-corrected chi connectivity index (χ3v) is 2.81. The summed E-state index contributed by atoms with van der Waals surface area (Å²) in [6.45, 7) is 2.97. The van der Waals surface area contributed by atoms with Crippen LogP contribution in [0.15, 0.2) is 0 Å². The normalized spacial score (nSPS) is 41.7. The van der Waals surface area contributed by atoms with Gasteiger partial charge in [0.1, 0.15) is 4.11 Å². The standard InChI is InChI=1S/C7H13IO2/c1-7(9-2)3-4-10-6(8)5-7/h6H,3-5H2,1-2H3/t6-,7?/m1/s1. The lowest BCUT2D eigenvalue weighted by molar-refractivity contribution is -0.0829. The first kappa shape index (κ1) is 8.74. The van der Waals surface area contributed by atoms with E-state index in [1.54, 1.807) is 7.11 Å². The summed E-state index contributed by atoms with van der Waals surface area (Å²) in [4.78, 5) is 0. The Balaban J connectivity index is 2.45. The Morgan fingerprint density at radius 3 is 2.80 bits per heavy atom. The molecule has 0 aromatic carbocycles. The Hall–Kier alpha value is 0.650.